The Bertz CT molecular complexity index is 1140. The number of carbonyl (C=O) groups excluding carboxylic acids is 1. The number of methoxy groups -OCH3 is 1. The highest BCUT2D eigenvalue weighted by molar-refractivity contribution is 9.10. The van der Waals surface area contributed by atoms with Crippen molar-refractivity contribution >= 4 is 45.0 Å². The fourth-order valence-corrected chi connectivity index (χ4v) is 3.27. The van der Waals surface area contributed by atoms with Gasteiger partial charge in [-0.2, -0.15) is 5.10 Å². The maximum atomic E-state index is 12.3. The molecule has 10 heteroatoms. The minimum absolute atomic E-state index is 0.108. The van der Waals surface area contributed by atoms with Crippen molar-refractivity contribution in [2.45, 2.75) is 6.92 Å². The van der Waals surface area contributed by atoms with E-state index >= 15 is 0 Å². The van der Waals surface area contributed by atoms with E-state index in [1.165, 1.54) is 13.3 Å². The van der Waals surface area contributed by atoms with Gasteiger partial charge in [-0.15, -0.1) is 0 Å². The average molecular weight is 491 g/mol. The van der Waals surface area contributed by atoms with Crippen molar-refractivity contribution in [3.63, 3.8) is 0 Å². The molecule has 0 bridgehead atoms. The van der Waals surface area contributed by atoms with Crippen LogP contribution in [-0.4, -0.2) is 43.5 Å². The molecule has 0 fully saturated rings. The van der Waals surface area contributed by atoms with Crippen LogP contribution in [0.2, 0.25) is 0 Å². The molecule has 162 valence electrons. The first-order valence-electron chi connectivity index (χ1n) is 9.13. The lowest BCUT2D eigenvalue weighted by atomic mass is 10.2. The summed E-state index contributed by atoms with van der Waals surface area (Å²) in [5, 5.41) is 13.4. The Morgan fingerprint density at radius 3 is 2.74 bits per heavy atom. The van der Waals surface area contributed by atoms with Crippen LogP contribution in [0.25, 0.3) is 11.0 Å². The second kappa shape index (κ2) is 9.98. The molecule has 0 aliphatic heterocycles. The molecule has 0 saturated carbocycles. The fourth-order valence-electron chi connectivity index (χ4n) is 2.70. The molecule has 2 N–H and O–H groups in total. The van der Waals surface area contributed by atoms with Gasteiger partial charge in [-0.3, -0.25) is 4.79 Å². The van der Waals surface area contributed by atoms with Gasteiger partial charge in [0, 0.05) is 5.39 Å². The normalized spacial score (nSPS) is 10.9. The highest BCUT2D eigenvalue weighted by Crippen LogP contribution is 2.36. The van der Waals surface area contributed by atoms with Crippen molar-refractivity contribution in [3.05, 3.63) is 52.2 Å². The summed E-state index contributed by atoms with van der Waals surface area (Å²) in [5.74, 6) is -0.265. The van der Waals surface area contributed by atoms with E-state index in [0.29, 0.717) is 33.7 Å². The predicted octanol–water partition coefficient (Wildman–Crippen LogP) is 3.83. The summed E-state index contributed by atoms with van der Waals surface area (Å²) < 4.78 is 21.9. The van der Waals surface area contributed by atoms with Crippen molar-refractivity contribution in [1.29, 1.82) is 0 Å². The first kappa shape index (κ1) is 22.2. The van der Waals surface area contributed by atoms with E-state index in [1.807, 2.05) is 6.92 Å². The molecule has 3 rings (SSSR count). The van der Waals surface area contributed by atoms with Crippen LogP contribution in [0.4, 0.5) is 0 Å². The van der Waals surface area contributed by atoms with Gasteiger partial charge in [0.1, 0.15) is 11.3 Å². The number of carboxylic acid groups (broad SMARTS) is 1. The number of amides is 1. The zero-order valence-electron chi connectivity index (χ0n) is 16.7. The number of ether oxygens (including phenoxy) is 3. The summed E-state index contributed by atoms with van der Waals surface area (Å²) in [4.78, 5) is 23.1. The summed E-state index contributed by atoms with van der Waals surface area (Å²) in [5.41, 5.74) is 3.54. The quantitative estimate of drug-likeness (QED) is 0.345. The number of nitrogens with one attached hydrogen (secondary N) is 1. The second-order valence-corrected chi connectivity index (χ2v) is 7.01. The van der Waals surface area contributed by atoms with Crippen molar-refractivity contribution in [1.82, 2.24) is 5.43 Å². The number of hydrazone groups is 1. The van der Waals surface area contributed by atoms with Crippen LogP contribution >= 0.6 is 15.9 Å². The summed E-state index contributed by atoms with van der Waals surface area (Å²) in [6, 6.07) is 10.1. The van der Waals surface area contributed by atoms with Gasteiger partial charge >= 0.3 is 11.9 Å². The number of halogens is 1. The van der Waals surface area contributed by atoms with Crippen LogP contribution in [0, 0.1) is 0 Å². The molecule has 0 aliphatic carbocycles. The Balaban J connectivity index is 1.71. The number of hydrogen-bond donors (Lipinski definition) is 2. The van der Waals surface area contributed by atoms with Gasteiger partial charge in [0.25, 0.3) is 0 Å². The van der Waals surface area contributed by atoms with Crippen LogP contribution in [0.15, 0.2) is 50.4 Å². The molecule has 1 amide bonds. The number of nitrogens with zero attached hydrogens (tertiary/aromatic N) is 1. The molecule has 0 radical (unpaired) electrons. The number of hydrogen-bond acceptors (Lipinski definition) is 7. The molecule has 1 aromatic heterocycles. The Kier molecular flexibility index (Phi) is 7.14. The SMILES string of the molecule is CCOc1ccc2oc(C(=O)N/N=C/c3cc(Br)c(OCC(=O)O)c(OC)c3)cc2c1. The maximum Gasteiger partial charge on any atom is 0.341 e. The second-order valence-electron chi connectivity index (χ2n) is 6.16. The zero-order valence-corrected chi connectivity index (χ0v) is 18.3. The number of rotatable bonds is 9. The summed E-state index contributed by atoms with van der Waals surface area (Å²) in [7, 11) is 1.43. The molecule has 0 saturated heterocycles. The molecule has 9 nitrogen and oxygen atoms in total. The van der Waals surface area contributed by atoms with Crippen molar-refractivity contribution in [2.24, 2.45) is 5.10 Å². The predicted molar refractivity (Wildman–Crippen MR) is 116 cm³/mol. The molecular formula is C21H19BrN2O7. The molecule has 2 aromatic carbocycles. The van der Waals surface area contributed by atoms with Gasteiger partial charge in [0.05, 0.1) is 24.4 Å². The lowest BCUT2D eigenvalue weighted by Gasteiger charge is -2.12. The van der Waals surface area contributed by atoms with Gasteiger partial charge in [-0.25, -0.2) is 10.2 Å². The largest absolute Gasteiger partial charge is 0.494 e. The molecule has 0 unspecified atom stereocenters. The Morgan fingerprint density at radius 1 is 1.23 bits per heavy atom. The molecule has 31 heavy (non-hydrogen) atoms. The van der Waals surface area contributed by atoms with Crippen LogP contribution in [0.1, 0.15) is 23.0 Å². The third kappa shape index (κ3) is 5.54. The Morgan fingerprint density at radius 2 is 2.03 bits per heavy atom. The van der Waals surface area contributed by atoms with Crippen molar-refractivity contribution in [3.8, 4) is 17.2 Å². The minimum Gasteiger partial charge on any atom is -0.494 e. The Hall–Kier alpha value is -3.53. The van der Waals surface area contributed by atoms with E-state index in [4.69, 9.17) is 23.7 Å². The van der Waals surface area contributed by atoms with E-state index in [1.54, 1.807) is 36.4 Å². The number of fused-ring (bicyclic) bond motifs is 1. The van der Waals surface area contributed by atoms with Crippen LogP contribution in [0.3, 0.4) is 0 Å². The van der Waals surface area contributed by atoms with Crippen LogP contribution < -0.4 is 19.6 Å². The topological polar surface area (TPSA) is 120 Å². The number of benzene rings is 2. The lowest BCUT2D eigenvalue weighted by molar-refractivity contribution is -0.139. The monoisotopic (exact) mass is 490 g/mol. The van der Waals surface area contributed by atoms with Crippen LogP contribution in [0.5, 0.6) is 17.2 Å². The molecule has 0 aliphatic rings. The average Bonchev–Trinajstić information content (AvgIpc) is 3.16. The minimum atomic E-state index is -1.11. The number of carbonyl (C=O) groups is 2. The van der Waals surface area contributed by atoms with E-state index in [9.17, 15) is 9.59 Å². The van der Waals surface area contributed by atoms with Gasteiger partial charge in [-0.05, 0) is 64.8 Å². The Labute approximate surface area is 185 Å². The van der Waals surface area contributed by atoms with Crippen molar-refractivity contribution in [2.75, 3.05) is 20.3 Å². The summed E-state index contributed by atoms with van der Waals surface area (Å²) in [6.45, 7) is 1.92. The highest BCUT2D eigenvalue weighted by atomic mass is 79.9. The highest BCUT2D eigenvalue weighted by Gasteiger charge is 2.14. The maximum absolute atomic E-state index is 12.3. The standard InChI is InChI=1S/C21H19BrN2O7/c1-3-29-14-4-5-16-13(8-14)9-18(31-16)21(27)24-23-10-12-6-15(22)20(17(7-12)28-2)30-11-19(25)26/h4-10H,3,11H2,1-2H3,(H,24,27)(H,25,26)/b23-10+. The third-order valence-corrected chi connectivity index (χ3v) is 4.58. The number of aliphatic carboxylic acids is 1. The van der Waals surface area contributed by atoms with E-state index in [2.05, 4.69) is 26.5 Å². The van der Waals surface area contributed by atoms with Crippen molar-refractivity contribution < 1.29 is 33.3 Å². The smallest absolute Gasteiger partial charge is 0.341 e. The van der Waals surface area contributed by atoms with Gasteiger partial charge in [0.2, 0.25) is 0 Å². The zero-order chi connectivity index (χ0) is 22.4. The van der Waals surface area contributed by atoms with Gasteiger partial charge in [-0.1, -0.05) is 0 Å². The van der Waals surface area contributed by atoms with E-state index < -0.39 is 18.5 Å². The van der Waals surface area contributed by atoms with E-state index in [0.717, 1.165) is 5.39 Å². The molecule has 0 spiro atoms. The summed E-state index contributed by atoms with van der Waals surface area (Å²) >= 11 is 3.31. The fraction of sp³-hybridized carbons (Fsp3) is 0.190. The van der Waals surface area contributed by atoms with Gasteiger partial charge in [0.15, 0.2) is 23.9 Å². The van der Waals surface area contributed by atoms with Gasteiger partial charge < -0.3 is 23.7 Å². The molecule has 0 atom stereocenters. The lowest BCUT2D eigenvalue weighted by Crippen LogP contribution is -2.16. The third-order valence-electron chi connectivity index (χ3n) is 3.99. The molecule has 1 heterocycles. The molecular weight excluding hydrogens is 472 g/mol. The first-order chi connectivity index (χ1) is 14.9. The summed E-state index contributed by atoms with van der Waals surface area (Å²) in [6.07, 6.45) is 1.40. The first-order valence-corrected chi connectivity index (χ1v) is 9.92. The van der Waals surface area contributed by atoms with Crippen LogP contribution in [-0.2, 0) is 4.79 Å². The van der Waals surface area contributed by atoms with E-state index in [-0.39, 0.29) is 11.5 Å². The number of furan rings is 1. The molecule has 3 aromatic rings. The number of carboxylic acids is 1.